The lowest BCUT2D eigenvalue weighted by Crippen LogP contribution is -2.21. The van der Waals surface area contributed by atoms with Crippen molar-refractivity contribution < 1.29 is 4.42 Å². The van der Waals surface area contributed by atoms with Crippen LogP contribution in [0.5, 0.6) is 0 Å². The van der Waals surface area contributed by atoms with Crippen molar-refractivity contribution >= 4 is 27.7 Å². The standard InChI is InChI=1S/C21H21N3O2/c1-4-23(5-2)16-11-10-15-12-19(21(25)26-20(15)13-16)24-14(3)22-17-8-6-7-9-18(17)24/h6-13H,4-5H2,1-3H3. The summed E-state index contributed by atoms with van der Waals surface area (Å²) in [7, 11) is 0. The number of hydrogen-bond donors (Lipinski definition) is 0. The van der Waals surface area contributed by atoms with Crippen LogP contribution < -0.4 is 10.5 Å². The Bertz CT molecular complexity index is 1150. The second kappa shape index (κ2) is 6.33. The number of benzene rings is 2. The second-order valence-electron chi connectivity index (χ2n) is 6.30. The predicted molar refractivity (Wildman–Crippen MR) is 105 cm³/mol. The van der Waals surface area contributed by atoms with Crippen LogP contribution in [0.25, 0.3) is 27.7 Å². The molecule has 5 nitrogen and oxygen atoms in total. The fourth-order valence-corrected chi connectivity index (χ4v) is 3.48. The average Bonchev–Trinajstić information content (AvgIpc) is 2.98. The molecule has 0 atom stereocenters. The molecular weight excluding hydrogens is 326 g/mol. The lowest BCUT2D eigenvalue weighted by Gasteiger charge is -2.21. The number of anilines is 1. The highest BCUT2D eigenvalue weighted by Gasteiger charge is 2.14. The summed E-state index contributed by atoms with van der Waals surface area (Å²) in [4.78, 5) is 19.5. The van der Waals surface area contributed by atoms with Crippen molar-refractivity contribution in [2.75, 3.05) is 18.0 Å². The summed E-state index contributed by atoms with van der Waals surface area (Å²) in [5, 5.41) is 0.896. The van der Waals surface area contributed by atoms with Gasteiger partial charge in [0, 0.05) is 30.2 Å². The molecule has 2 aromatic heterocycles. The third kappa shape index (κ3) is 2.56. The zero-order chi connectivity index (χ0) is 18.3. The van der Waals surface area contributed by atoms with E-state index in [1.165, 1.54) is 0 Å². The quantitative estimate of drug-likeness (QED) is 0.517. The zero-order valence-electron chi connectivity index (χ0n) is 15.2. The van der Waals surface area contributed by atoms with Crippen molar-refractivity contribution in [3.8, 4) is 5.69 Å². The number of fused-ring (bicyclic) bond motifs is 2. The molecule has 0 fully saturated rings. The van der Waals surface area contributed by atoms with Crippen molar-refractivity contribution in [2.45, 2.75) is 20.8 Å². The van der Waals surface area contributed by atoms with Gasteiger partial charge in [-0.15, -0.1) is 0 Å². The van der Waals surface area contributed by atoms with E-state index in [9.17, 15) is 4.79 Å². The first-order chi connectivity index (χ1) is 12.6. The Labute approximate surface area is 151 Å². The Morgan fingerprint density at radius 1 is 1.08 bits per heavy atom. The molecule has 0 spiro atoms. The number of aromatic nitrogens is 2. The van der Waals surface area contributed by atoms with Gasteiger partial charge < -0.3 is 9.32 Å². The van der Waals surface area contributed by atoms with Gasteiger partial charge in [0.15, 0.2) is 0 Å². The number of imidazole rings is 1. The van der Waals surface area contributed by atoms with Crippen LogP contribution in [0.1, 0.15) is 19.7 Å². The average molecular weight is 347 g/mol. The summed E-state index contributed by atoms with van der Waals surface area (Å²) in [5.74, 6) is 0.762. The van der Waals surface area contributed by atoms with Gasteiger partial charge in [-0.25, -0.2) is 9.78 Å². The lowest BCUT2D eigenvalue weighted by molar-refractivity contribution is 0.555. The maximum absolute atomic E-state index is 12.7. The first kappa shape index (κ1) is 16.4. The van der Waals surface area contributed by atoms with E-state index in [1.54, 1.807) is 0 Å². The van der Waals surface area contributed by atoms with Gasteiger partial charge >= 0.3 is 5.63 Å². The zero-order valence-corrected chi connectivity index (χ0v) is 15.2. The summed E-state index contributed by atoms with van der Waals surface area (Å²) in [5.41, 5.74) is 3.55. The number of para-hydroxylation sites is 2. The molecule has 2 heterocycles. The number of nitrogens with zero attached hydrogens (tertiary/aromatic N) is 3. The van der Waals surface area contributed by atoms with E-state index in [2.05, 4.69) is 29.8 Å². The minimum Gasteiger partial charge on any atom is -0.421 e. The van der Waals surface area contributed by atoms with Crippen LogP contribution in [-0.2, 0) is 0 Å². The summed E-state index contributed by atoms with van der Waals surface area (Å²) in [6.45, 7) is 7.93. The Hall–Kier alpha value is -3.08. The van der Waals surface area contributed by atoms with E-state index in [0.717, 1.165) is 41.0 Å². The molecule has 0 unspecified atom stereocenters. The summed E-state index contributed by atoms with van der Waals surface area (Å²) < 4.78 is 7.53. The second-order valence-corrected chi connectivity index (χ2v) is 6.30. The van der Waals surface area contributed by atoms with Gasteiger partial charge in [0.1, 0.15) is 17.1 Å². The van der Waals surface area contributed by atoms with Gasteiger partial charge in [-0.05, 0) is 51.1 Å². The fourth-order valence-electron chi connectivity index (χ4n) is 3.48. The van der Waals surface area contributed by atoms with Crippen LogP contribution in [-0.4, -0.2) is 22.6 Å². The van der Waals surface area contributed by atoms with E-state index in [1.807, 2.05) is 54.0 Å². The third-order valence-corrected chi connectivity index (χ3v) is 4.80. The Kier molecular flexibility index (Phi) is 3.99. The fraction of sp³-hybridized carbons (Fsp3) is 0.238. The van der Waals surface area contributed by atoms with E-state index >= 15 is 0 Å². The number of aryl methyl sites for hydroxylation is 1. The number of hydrogen-bond acceptors (Lipinski definition) is 4. The highest BCUT2D eigenvalue weighted by molar-refractivity contribution is 5.84. The van der Waals surface area contributed by atoms with Crippen molar-refractivity contribution in [2.24, 2.45) is 0 Å². The molecule has 0 aliphatic carbocycles. The minimum absolute atomic E-state index is 0.361. The highest BCUT2D eigenvalue weighted by atomic mass is 16.4. The van der Waals surface area contributed by atoms with Gasteiger partial charge in [0.05, 0.1) is 11.0 Å². The molecule has 0 amide bonds. The normalized spacial score (nSPS) is 11.3. The molecule has 4 rings (SSSR count). The van der Waals surface area contributed by atoms with Crippen LogP contribution in [0.2, 0.25) is 0 Å². The molecular formula is C21H21N3O2. The van der Waals surface area contributed by atoms with Crippen LogP contribution >= 0.6 is 0 Å². The molecule has 0 aliphatic rings. The molecule has 0 saturated heterocycles. The first-order valence-corrected chi connectivity index (χ1v) is 8.89. The van der Waals surface area contributed by atoms with E-state index < -0.39 is 0 Å². The highest BCUT2D eigenvalue weighted by Crippen LogP contribution is 2.25. The lowest BCUT2D eigenvalue weighted by atomic mass is 10.2. The summed E-state index contributed by atoms with van der Waals surface area (Å²) >= 11 is 0. The first-order valence-electron chi connectivity index (χ1n) is 8.89. The molecule has 2 aromatic carbocycles. The topological polar surface area (TPSA) is 51.3 Å². The molecule has 132 valence electrons. The third-order valence-electron chi connectivity index (χ3n) is 4.80. The van der Waals surface area contributed by atoms with Gasteiger partial charge in [-0.3, -0.25) is 4.57 Å². The van der Waals surface area contributed by atoms with Crippen LogP contribution in [0.4, 0.5) is 5.69 Å². The van der Waals surface area contributed by atoms with Crippen molar-refractivity contribution in [3.05, 3.63) is 64.8 Å². The van der Waals surface area contributed by atoms with Gasteiger partial charge in [-0.1, -0.05) is 12.1 Å². The summed E-state index contributed by atoms with van der Waals surface area (Å²) in [6, 6.07) is 15.7. The molecule has 0 bridgehead atoms. The maximum atomic E-state index is 12.7. The van der Waals surface area contributed by atoms with Crippen molar-refractivity contribution in [3.63, 3.8) is 0 Å². The molecule has 5 heteroatoms. The molecule has 0 saturated carbocycles. The van der Waals surface area contributed by atoms with Crippen LogP contribution in [0.3, 0.4) is 0 Å². The maximum Gasteiger partial charge on any atom is 0.360 e. The Balaban J connectivity index is 1.92. The monoisotopic (exact) mass is 347 g/mol. The summed E-state index contributed by atoms with van der Waals surface area (Å²) in [6.07, 6.45) is 0. The minimum atomic E-state index is -0.361. The van der Waals surface area contributed by atoms with E-state index in [0.29, 0.717) is 11.3 Å². The van der Waals surface area contributed by atoms with Gasteiger partial charge in [0.25, 0.3) is 0 Å². The van der Waals surface area contributed by atoms with Crippen molar-refractivity contribution in [1.29, 1.82) is 0 Å². The Morgan fingerprint density at radius 2 is 1.85 bits per heavy atom. The SMILES string of the molecule is CCN(CC)c1ccc2cc(-n3c(C)nc4ccccc43)c(=O)oc2c1. The van der Waals surface area contributed by atoms with Crippen molar-refractivity contribution in [1.82, 2.24) is 9.55 Å². The molecule has 0 aliphatic heterocycles. The largest absolute Gasteiger partial charge is 0.421 e. The predicted octanol–water partition coefficient (Wildman–Crippen LogP) is 4.29. The molecule has 4 aromatic rings. The molecule has 26 heavy (non-hydrogen) atoms. The van der Waals surface area contributed by atoms with Crippen LogP contribution in [0.15, 0.2) is 57.7 Å². The molecule has 0 radical (unpaired) electrons. The van der Waals surface area contributed by atoms with Gasteiger partial charge in [0.2, 0.25) is 0 Å². The number of rotatable bonds is 4. The smallest absolute Gasteiger partial charge is 0.360 e. The van der Waals surface area contributed by atoms with Crippen LogP contribution in [0, 0.1) is 6.92 Å². The van der Waals surface area contributed by atoms with E-state index in [-0.39, 0.29) is 5.63 Å². The van der Waals surface area contributed by atoms with E-state index in [4.69, 9.17) is 4.42 Å². The van der Waals surface area contributed by atoms with Gasteiger partial charge in [-0.2, -0.15) is 0 Å². The Morgan fingerprint density at radius 3 is 2.62 bits per heavy atom. The molecule has 0 N–H and O–H groups in total.